The predicted octanol–water partition coefficient (Wildman–Crippen LogP) is -1.94. The maximum Gasteiger partial charge on any atom is 0.322 e. The molecule has 0 aliphatic carbocycles. The molecular formula is C11H15N7O3. The van der Waals surface area contributed by atoms with Crippen molar-refractivity contribution in [3.8, 4) is 0 Å². The van der Waals surface area contributed by atoms with E-state index >= 15 is 0 Å². The molecule has 2 aliphatic heterocycles. The molecule has 2 fully saturated rings. The molecule has 10 heteroatoms. The van der Waals surface area contributed by atoms with Gasteiger partial charge in [0.25, 0.3) is 5.91 Å². The van der Waals surface area contributed by atoms with Crippen molar-refractivity contribution in [2.45, 2.75) is 24.9 Å². The molecule has 0 unspecified atom stereocenters. The standard InChI is InChI=1S/C11H15N7O3/c12-9-13-6-18(16-9)5-7(19)17-3-1-11(2-4-17)8(20)14-10(21)15-11/h6H,1-5H2,(H2,12,16)(H2,14,15,20,21). The number of nitrogens with zero attached hydrogens (tertiary/aromatic N) is 4. The Balaban J connectivity index is 1.59. The molecule has 21 heavy (non-hydrogen) atoms. The number of nitrogens with one attached hydrogen (secondary N) is 2. The minimum absolute atomic E-state index is 0.0513. The third kappa shape index (κ3) is 2.39. The van der Waals surface area contributed by atoms with E-state index in [2.05, 4.69) is 20.7 Å². The van der Waals surface area contributed by atoms with Gasteiger partial charge >= 0.3 is 6.03 Å². The smallest absolute Gasteiger partial charge is 0.322 e. The summed E-state index contributed by atoms with van der Waals surface area (Å²) in [5, 5.41) is 8.74. The van der Waals surface area contributed by atoms with Gasteiger partial charge in [-0.2, -0.15) is 0 Å². The fourth-order valence-corrected chi connectivity index (χ4v) is 2.64. The fourth-order valence-electron chi connectivity index (χ4n) is 2.64. The van der Waals surface area contributed by atoms with Crippen molar-refractivity contribution in [1.82, 2.24) is 30.3 Å². The van der Waals surface area contributed by atoms with E-state index in [1.165, 1.54) is 11.0 Å². The van der Waals surface area contributed by atoms with Gasteiger partial charge in [0, 0.05) is 13.1 Å². The van der Waals surface area contributed by atoms with Gasteiger partial charge < -0.3 is 16.0 Å². The van der Waals surface area contributed by atoms with E-state index in [0.717, 1.165) is 0 Å². The van der Waals surface area contributed by atoms with Crippen molar-refractivity contribution in [3.63, 3.8) is 0 Å². The second-order valence-electron chi connectivity index (χ2n) is 5.17. The molecule has 112 valence electrons. The minimum atomic E-state index is -0.869. The second-order valence-corrected chi connectivity index (χ2v) is 5.17. The van der Waals surface area contributed by atoms with Crippen LogP contribution in [-0.4, -0.2) is 56.1 Å². The van der Waals surface area contributed by atoms with Crippen molar-refractivity contribution in [2.75, 3.05) is 18.8 Å². The van der Waals surface area contributed by atoms with Crippen LogP contribution in [0.4, 0.5) is 10.7 Å². The molecule has 0 aromatic carbocycles. The summed E-state index contributed by atoms with van der Waals surface area (Å²) in [6.45, 7) is 0.850. The third-order valence-corrected chi connectivity index (χ3v) is 3.84. The van der Waals surface area contributed by atoms with Gasteiger partial charge in [0.1, 0.15) is 18.4 Å². The lowest BCUT2D eigenvalue weighted by Gasteiger charge is -2.36. The lowest BCUT2D eigenvalue weighted by Crippen LogP contribution is -2.56. The van der Waals surface area contributed by atoms with E-state index in [1.807, 2.05) is 0 Å². The van der Waals surface area contributed by atoms with Gasteiger partial charge in [0.15, 0.2) is 0 Å². The number of piperidine rings is 1. The number of carbonyl (C=O) groups is 3. The molecule has 1 aromatic heterocycles. The molecule has 4 N–H and O–H groups in total. The summed E-state index contributed by atoms with van der Waals surface area (Å²) in [5.74, 6) is -0.325. The molecule has 3 heterocycles. The molecule has 2 aliphatic rings. The zero-order chi connectivity index (χ0) is 15.0. The Morgan fingerprint density at radius 2 is 2.10 bits per heavy atom. The first-order valence-corrected chi connectivity index (χ1v) is 6.55. The van der Waals surface area contributed by atoms with E-state index in [0.29, 0.717) is 25.9 Å². The highest BCUT2D eigenvalue weighted by Gasteiger charge is 2.48. The van der Waals surface area contributed by atoms with E-state index in [4.69, 9.17) is 5.73 Å². The normalized spacial score (nSPS) is 20.5. The molecule has 1 spiro atoms. The first-order chi connectivity index (χ1) is 9.98. The molecule has 4 amide bonds. The van der Waals surface area contributed by atoms with Crippen molar-refractivity contribution >= 4 is 23.8 Å². The molecule has 1 aromatic rings. The van der Waals surface area contributed by atoms with Crippen LogP contribution in [0, 0.1) is 0 Å². The van der Waals surface area contributed by atoms with E-state index in [1.54, 1.807) is 4.90 Å². The first-order valence-electron chi connectivity index (χ1n) is 6.55. The summed E-state index contributed by atoms with van der Waals surface area (Å²) in [7, 11) is 0. The summed E-state index contributed by atoms with van der Waals surface area (Å²) < 4.78 is 1.37. The van der Waals surface area contributed by atoms with Gasteiger partial charge in [0.2, 0.25) is 11.9 Å². The van der Waals surface area contributed by atoms with Gasteiger partial charge in [0.05, 0.1) is 0 Å². The SMILES string of the molecule is Nc1ncn(CC(=O)N2CCC3(CC2)NC(=O)NC3=O)n1. The number of urea groups is 1. The molecule has 3 rings (SSSR count). The number of nitrogens with two attached hydrogens (primary N) is 1. The first kappa shape index (κ1) is 13.3. The molecule has 0 atom stereocenters. The lowest BCUT2D eigenvalue weighted by molar-refractivity contribution is -0.136. The summed E-state index contributed by atoms with van der Waals surface area (Å²) in [6.07, 6.45) is 2.19. The topological polar surface area (TPSA) is 135 Å². The molecule has 0 saturated carbocycles. The van der Waals surface area contributed by atoms with Gasteiger partial charge in [-0.15, -0.1) is 5.10 Å². The number of amides is 4. The Labute approximate surface area is 119 Å². The maximum atomic E-state index is 12.1. The summed E-state index contributed by atoms with van der Waals surface area (Å²) in [6, 6.07) is -0.474. The van der Waals surface area contributed by atoms with Crippen LogP contribution in [0.25, 0.3) is 0 Å². The van der Waals surface area contributed by atoms with Crippen molar-refractivity contribution < 1.29 is 14.4 Å². The Morgan fingerprint density at radius 1 is 1.38 bits per heavy atom. The monoisotopic (exact) mass is 293 g/mol. The van der Waals surface area contributed by atoms with Gasteiger partial charge in [-0.25, -0.2) is 14.5 Å². The average Bonchev–Trinajstić information content (AvgIpc) is 2.95. The highest BCUT2D eigenvalue weighted by atomic mass is 16.2. The highest BCUT2D eigenvalue weighted by molar-refractivity contribution is 6.07. The summed E-state index contributed by atoms with van der Waals surface area (Å²) in [4.78, 5) is 40.6. The van der Waals surface area contributed by atoms with E-state index in [9.17, 15) is 14.4 Å². The third-order valence-electron chi connectivity index (χ3n) is 3.84. The van der Waals surface area contributed by atoms with Gasteiger partial charge in [-0.05, 0) is 12.8 Å². The van der Waals surface area contributed by atoms with Gasteiger partial charge in [-0.3, -0.25) is 14.9 Å². The fraction of sp³-hybridized carbons (Fsp3) is 0.545. The number of hydrogen-bond donors (Lipinski definition) is 3. The molecule has 0 bridgehead atoms. The molecule has 2 saturated heterocycles. The number of anilines is 1. The van der Waals surface area contributed by atoms with Crippen molar-refractivity contribution in [1.29, 1.82) is 0 Å². The van der Waals surface area contributed by atoms with Crippen LogP contribution in [0.15, 0.2) is 6.33 Å². The summed E-state index contributed by atoms with van der Waals surface area (Å²) >= 11 is 0. The number of likely N-dealkylation sites (tertiary alicyclic amines) is 1. The number of aromatic nitrogens is 3. The number of hydrogen-bond acceptors (Lipinski definition) is 6. The Hall–Kier alpha value is -2.65. The minimum Gasteiger partial charge on any atom is -0.367 e. The van der Waals surface area contributed by atoms with Crippen molar-refractivity contribution in [2.24, 2.45) is 0 Å². The number of imide groups is 1. The Kier molecular flexibility index (Phi) is 3.00. The zero-order valence-electron chi connectivity index (χ0n) is 11.2. The van der Waals surface area contributed by atoms with Crippen LogP contribution in [-0.2, 0) is 16.1 Å². The van der Waals surface area contributed by atoms with Crippen molar-refractivity contribution in [3.05, 3.63) is 6.33 Å². The van der Waals surface area contributed by atoms with E-state index in [-0.39, 0.29) is 24.3 Å². The van der Waals surface area contributed by atoms with Crippen LogP contribution in [0.2, 0.25) is 0 Å². The highest BCUT2D eigenvalue weighted by Crippen LogP contribution is 2.25. The van der Waals surface area contributed by atoms with Crippen LogP contribution in [0.1, 0.15) is 12.8 Å². The lowest BCUT2D eigenvalue weighted by atomic mass is 9.88. The molecule has 0 radical (unpaired) electrons. The summed E-state index contributed by atoms with van der Waals surface area (Å²) in [5.41, 5.74) is 4.52. The van der Waals surface area contributed by atoms with E-state index < -0.39 is 11.6 Å². The number of carbonyl (C=O) groups excluding carboxylic acids is 3. The maximum absolute atomic E-state index is 12.1. The number of nitrogen functional groups attached to an aromatic ring is 1. The largest absolute Gasteiger partial charge is 0.367 e. The molecule has 10 nitrogen and oxygen atoms in total. The van der Waals surface area contributed by atoms with Gasteiger partial charge in [-0.1, -0.05) is 0 Å². The average molecular weight is 293 g/mol. The Morgan fingerprint density at radius 3 is 2.62 bits per heavy atom. The zero-order valence-corrected chi connectivity index (χ0v) is 11.2. The number of rotatable bonds is 2. The second kappa shape index (κ2) is 4.72. The van der Waals surface area contributed by atoms with Crippen LogP contribution in [0.5, 0.6) is 0 Å². The molecular weight excluding hydrogens is 278 g/mol. The van der Waals surface area contributed by atoms with Crippen LogP contribution in [0.3, 0.4) is 0 Å². The Bertz CT molecular complexity index is 603. The quantitative estimate of drug-likeness (QED) is 0.543. The predicted molar refractivity (Wildman–Crippen MR) is 69.7 cm³/mol. The van der Waals surface area contributed by atoms with Crippen LogP contribution >= 0.6 is 0 Å². The van der Waals surface area contributed by atoms with Crippen LogP contribution < -0.4 is 16.4 Å².